The van der Waals surface area contributed by atoms with E-state index in [0.29, 0.717) is 17.7 Å². The van der Waals surface area contributed by atoms with Crippen LogP contribution in [0.2, 0.25) is 0 Å². The van der Waals surface area contributed by atoms with E-state index in [0.717, 1.165) is 11.3 Å². The first-order valence-corrected chi connectivity index (χ1v) is 7.63. The minimum Gasteiger partial charge on any atom is -0.391 e. The second-order valence-electron chi connectivity index (χ2n) is 6.08. The van der Waals surface area contributed by atoms with Crippen LogP contribution in [0.25, 0.3) is 0 Å². The zero-order valence-corrected chi connectivity index (χ0v) is 13.5. The fourth-order valence-electron chi connectivity index (χ4n) is 3.27. The molecule has 1 aliphatic heterocycles. The van der Waals surface area contributed by atoms with Crippen LogP contribution in [0.5, 0.6) is 0 Å². The van der Waals surface area contributed by atoms with E-state index in [-0.39, 0.29) is 24.3 Å². The van der Waals surface area contributed by atoms with E-state index in [1.165, 1.54) is 12.1 Å². The van der Waals surface area contributed by atoms with Gasteiger partial charge in [0.05, 0.1) is 23.4 Å². The lowest BCUT2D eigenvalue weighted by molar-refractivity contribution is 0.0714. The number of hydrogen-bond acceptors (Lipinski definition) is 3. The van der Waals surface area contributed by atoms with Gasteiger partial charge < -0.3 is 10.0 Å². The summed E-state index contributed by atoms with van der Waals surface area (Å²) in [7, 11) is 1.80. The Morgan fingerprint density at radius 1 is 1.30 bits per heavy atom. The second kappa shape index (κ2) is 5.77. The van der Waals surface area contributed by atoms with Crippen LogP contribution in [-0.2, 0) is 7.05 Å². The molecule has 1 saturated heterocycles. The van der Waals surface area contributed by atoms with Crippen LogP contribution in [-0.4, -0.2) is 38.3 Å². The Hall–Kier alpha value is -2.21. The van der Waals surface area contributed by atoms with Crippen LogP contribution in [0, 0.1) is 19.7 Å². The Labute approximate surface area is 134 Å². The molecule has 1 aromatic carbocycles. The van der Waals surface area contributed by atoms with Crippen LogP contribution in [0.1, 0.15) is 39.8 Å². The van der Waals surface area contributed by atoms with Gasteiger partial charge in [-0.05, 0) is 38.0 Å². The largest absolute Gasteiger partial charge is 0.391 e. The number of rotatable bonds is 2. The number of nitrogens with zero attached hydrogens (tertiary/aromatic N) is 3. The summed E-state index contributed by atoms with van der Waals surface area (Å²) in [4.78, 5) is 14.6. The van der Waals surface area contributed by atoms with Crippen molar-refractivity contribution in [1.29, 1.82) is 0 Å². The molecule has 0 bridgehead atoms. The summed E-state index contributed by atoms with van der Waals surface area (Å²) in [5, 5.41) is 14.3. The summed E-state index contributed by atoms with van der Waals surface area (Å²) in [5.74, 6) is -0.455. The minimum absolute atomic E-state index is 0.140. The number of aliphatic hydroxyl groups is 1. The van der Waals surface area contributed by atoms with Crippen molar-refractivity contribution in [2.24, 2.45) is 7.05 Å². The monoisotopic (exact) mass is 317 g/mol. The second-order valence-corrected chi connectivity index (χ2v) is 6.08. The van der Waals surface area contributed by atoms with Gasteiger partial charge in [-0.25, -0.2) is 4.39 Å². The zero-order chi connectivity index (χ0) is 16.7. The van der Waals surface area contributed by atoms with Gasteiger partial charge in [0.15, 0.2) is 0 Å². The van der Waals surface area contributed by atoms with Crippen molar-refractivity contribution in [2.75, 3.05) is 6.54 Å². The smallest absolute Gasteiger partial charge is 0.258 e. The highest BCUT2D eigenvalue weighted by atomic mass is 19.1. The van der Waals surface area contributed by atoms with Crippen molar-refractivity contribution in [1.82, 2.24) is 14.7 Å². The van der Waals surface area contributed by atoms with Crippen LogP contribution in [0.4, 0.5) is 4.39 Å². The van der Waals surface area contributed by atoms with E-state index in [9.17, 15) is 14.3 Å². The molecule has 1 aromatic heterocycles. The van der Waals surface area contributed by atoms with E-state index in [1.54, 1.807) is 35.7 Å². The van der Waals surface area contributed by atoms with Crippen molar-refractivity contribution in [3.05, 3.63) is 52.6 Å². The highest BCUT2D eigenvalue weighted by Crippen LogP contribution is 2.34. The molecule has 1 aliphatic rings. The lowest BCUT2D eigenvalue weighted by Gasteiger charge is -2.25. The van der Waals surface area contributed by atoms with Crippen molar-refractivity contribution in [3.8, 4) is 0 Å². The fraction of sp³-hybridized carbons (Fsp3) is 0.412. The third-order valence-corrected chi connectivity index (χ3v) is 4.52. The first-order valence-electron chi connectivity index (χ1n) is 7.63. The van der Waals surface area contributed by atoms with E-state index < -0.39 is 6.10 Å². The quantitative estimate of drug-likeness (QED) is 0.923. The first kappa shape index (κ1) is 15.7. The number of aliphatic hydroxyl groups excluding tert-OH is 1. The number of aromatic nitrogens is 2. The molecule has 2 heterocycles. The van der Waals surface area contributed by atoms with Crippen molar-refractivity contribution in [2.45, 2.75) is 32.4 Å². The highest BCUT2D eigenvalue weighted by molar-refractivity contribution is 5.97. The van der Waals surface area contributed by atoms with Gasteiger partial charge in [-0.2, -0.15) is 5.10 Å². The summed E-state index contributed by atoms with van der Waals surface area (Å²) < 4.78 is 14.8. The SMILES string of the molecule is Cc1nn(C)c(C)c1C(=O)N1C[C@@H](O)C[C@@H]1c1ccc(F)cc1. The van der Waals surface area contributed by atoms with Gasteiger partial charge in [0, 0.05) is 19.3 Å². The molecule has 122 valence electrons. The lowest BCUT2D eigenvalue weighted by Crippen LogP contribution is -2.32. The molecule has 0 unspecified atom stereocenters. The molecular weight excluding hydrogens is 297 g/mol. The van der Waals surface area contributed by atoms with Gasteiger partial charge in [0.2, 0.25) is 0 Å². The molecule has 1 fully saturated rings. The normalized spacial score (nSPS) is 21.0. The number of β-amino-alcohol motifs (C(OH)–C–C–N with tert-alkyl or cyclic N) is 1. The lowest BCUT2D eigenvalue weighted by atomic mass is 10.0. The first-order chi connectivity index (χ1) is 10.9. The van der Waals surface area contributed by atoms with E-state index >= 15 is 0 Å². The van der Waals surface area contributed by atoms with Gasteiger partial charge >= 0.3 is 0 Å². The Morgan fingerprint density at radius 3 is 2.52 bits per heavy atom. The van der Waals surface area contributed by atoms with E-state index in [1.807, 2.05) is 6.92 Å². The molecule has 0 radical (unpaired) electrons. The maximum atomic E-state index is 13.1. The van der Waals surface area contributed by atoms with E-state index in [2.05, 4.69) is 5.10 Å². The number of likely N-dealkylation sites (tertiary alicyclic amines) is 1. The molecule has 2 aromatic rings. The number of amides is 1. The number of halogens is 1. The predicted octanol–water partition coefficient (Wildman–Crippen LogP) is 2.12. The fourth-order valence-corrected chi connectivity index (χ4v) is 3.27. The number of carbonyl (C=O) groups excluding carboxylic acids is 1. The van der Waals surface area contributed by atoms with Gasteiger partial charge in [-0.1, -0.05) is 12.1 Å². The van der Waals surface area contributed by atoms with Gasteiger partial charge in [-0.3, -0.25) is 9.48 Å². The number of carbonyl (C=O) groups is 1. The Bertz CT molecular complexity index is 739. The molecule has 2 atom stereocenters. The minimum atomic E-state index is -0.578. The Balaban J connectivity index is 1.96. The maximum absolute atomic E-state index is 13.1. The number of benzene rings is 1. The molecule has 0 aliphatic carbocycles. The summed E-state index contributed by atoms with van der Waals surface area (Å²) in [5.41, 5.74) is 2.88. The molecule has 23 heavy (non-hydrogen) atoms. The molecule has 0 spiro atoms. The predicted molar refractivity (Wildman–Crippen MR) is 83.5 cm³/mol. The van der Waals surface area contributed by atoms with Gasteiger partial charge in [0.25, 0.3) is 5.91 Å². The molecular formula is C17H20FN3O2. The molecule has 1 amide bonds. The van der Waals surface area contributed by atoms with Crippen molar-refractivity contribution < 1.29 is 14.3 Å². The molecule has 0 saturated carbocycles. The summed E-state index contributed by atoms with van der Waals surface area (Å²) in [6.45, 7) is 3.93. The standard InChI is InChI=1S/C17H20FN3O2/c1-10-16(11(2)20(3)19-10)17(23)21-9-14(22)8-15(21)12-4-6-13(18)7-5-12/h4-7,14-15,22H,8-9H2,1-3H3/t14-,15+/m0/s1. The third kappa shape index (κ3) is 2.74. The summed E-state index contributed by atoms with van der Waals surface area (Å²) in [6.07, 6.45) is -0.123. The summed E-state index contributed by atoms with van der Waals surface area (Å²) in [6, 6.07) is 5.84. The number of aryl methyl sites for hydroxylation is 2. The van der Waals surface area contributed by atoms with Gasteiger partial charge in [-0.15, -0.1) is 0 Å². The van der Waals surface area contributed by atoms with Crippen LogP contribution in [0.3, 0.4) is 0 Å². The van der Waals surface area contributed by atoms with Crippen LogP contribution in [0.15, 0.2) is 24.3 Å². The number of hydrogen-bond donors (Lipinski definition) is 1. The zero-order valence-electron chi connectivity index (χ0n) is 13.5. The van der Waals surface area contributed by atoms with Crippen molar-refractivity contribution in [3.63, 3.8) is 0 Å². The Morgan fingerprint density at radius 2 is 1.96 bits per heavy atom. The van der Waals surface area contributed by atoms with Crippen LogP contribution >= 0.6 is 0 Å². The Kier molecular flexibility index (Phi) is 3.93. The van der Waals surface area contributed by atoms with Crippen LogP contribution < -0.4 is 0 Å². The maximum Gasteiger partial charge on any atom is 0.258 e. The molecule has 6 heteroatoms. The third-order valence-electron chi connectivity index (χ3n) is 4.52. The molecule has 3 rings (SSSR count). The average Bonchev–Trinajstić information content (AvgIpc) is 3.00. The van der Waals surface area contributed by atoms with Gasteiger partial charge in [0.1, 0.15) is 5.82 Å². The highest BCUT2D eigenvalue weighted by Gasteiger charge is 2.37. The average molecular weight is 317 g/mol. The molecule has 5 nitrogen and oxygen atoms in total. The topological polar surface area (TPSA) is 58.4 Å². The summed E-state index contributed by atoms with van der Waals surface area (Å²) >= 11 is 0. The van der Waals surface area contributed by atoms with Crippen molar-refractivity contribution >= 4 is 5.91 Å². The van der Waals surface area contributed by atoms with E-state index in [4.69, 9.17) is 0 Å². The molecule has 1 N–H and O–H groups in total.